The minimum absolute atomic E-state index is 0.0469. The number of phenolic OH excluding ortho intramolecular Hbond substituents is 1. The van der Waals surface area contributed by atoms with Gasteiger partial charge in [-0.25, -0.2) is 4.98 Å². The molecule has 7 heteroatoms. The van der Waals surface area contributed by atoms with Gasteiger partial charge >= 0.3 is 0 Å². The van der Waals surface area contributed by atoms with E-state index >= 15 is 0 Å². The Kier molecular flexibility index (Phi) is 5.30. The molecule has 0 amide bonds. The number of piperidine rings is 1. The van der Waals surface area contributed by atoms with Crippen LogP contribution >= 0.6 is 11.6 Å². The van der Waals surface area contributed by atoms with Crippen LogP contribution in [0.5, 0.6) is 11.5 Å². The number of aromatic hydroxyl groups is 1. The molecule has 1 aliphatic rings. The summed E-state index contributed by atoms with van der Waals surface area (Å²) in [4.78, 5) is 19.1. The van der Waals surface area contributed by atoms with Crippen LogP contribution in [0.4, 0.5) is 0 Å². The normalized spacial score (nSPS) is 18.3. The summed E-state index contributed by atoms with van der Waals surface area (Å²) >= 11 is 6.07. The summed E-state index contributed by atoms with van der Waals surface area (Å²) in [5.74, 6) is 0.874. The van der Waals surface area contributed by atoms with Gasteiger partial charge in [0.25, 0.3) is 0 Å². The molecule has 6 nitrogen and oxygen atoms in total. The average Bonchev–Trinajstić information content (AvgIpc) is 3.03. The molecule has 25 heavy (non-hydrogen) atoms. The zero-order valence-electron chi connectivity index (χ0n) is 14.4. The first kappa shape index (κ1) is 17.8. The zero-order chi connectivity index (χ0) is 18.0. The number of phenols is 1. The number of methoxy groups -OCH3 is 1. The van der Waals surface area contributed by atoms with Crippen LogP contribution in [0, 0.1) is 5.92 Å². The fraction of sp³-hybridized carbons (Fsp3) is 0.444. The highest BCUT2D eigenvalue weighted by molar-refractivity contribution is 6.32. The summed E-state index contributed by atoms with van der Waals surface area (Å²) in [5.41, 5.74) is 0.949. The van der Waals surface area contributed by atoms with E-state index in [0.29, 0.717) is 24.7 Å². The molecule has 0 bridgehead atoms. The molecule has 0 unspecified atom stereocenters. The number of ether oxygens (including phenoxy) is 1. The molecule has 1 N–H and O–H groups in total. The second-order valence-electron chi connectivity index (χ2n) is 6.43. The summed E-state index contributed by atoms with van der Waals surface area (Å²) in [6, 6.07) is 3.52. The molecular formula is C18H22ClN3O3. The molecule has 1 aliphatic heterocycles. The summed E-state index contributed by atoms with van der Waals surface area (Å²) in [6.45, 7) is 2.26. The molecular weight excluding hydrogens is 342 g/mol. The van der Waals surface area contributed by atoms with Gasteiger partial charge in [0, 0.05) is 38.4 Å². The van der Waals surface area contributed by atoms with Crippen molar-refractivity contribution in [3.63, 3.8) is 0 Å². The minimum Gasteiger partial charge on any atom is -0.503 e. The predicted molar refractivity (Wildman–Crippen MR) is 95.2 cm³/mol. The van der Waals surface area contributed by atoms with Crippen LogP contribution in [0.2, 0.25) is 5.02 Å². The largest absolute Gasteiger partial charge is 0.503 e. The number of likely N-dealkylation sites (tertiary alicyclic amines) is 1. The van der Waals surface area contributed by atoms with E-state index in [1.54, 1.807) is 29.1 Å². The van der Waals surface area contributed by atoms with Gasteiger partial charge in [-0.15, -0.1) is 0 Å². The van der Waals surface area contributed by atoms with Gasteiger partial charge in [0.1, 0.15) is 0 Å². The van der Waals surface area contributed by atoms with E-state index in [1.165, 1.54) is 7.11 Å². The fourth-order valence-corrected chi connectivity index (χ4v) is 3.56. The van der Waals surface area contributed by atoms with Gasteiger partial charge in [0.05, 0.1) is 12.1 Å². The molecule has 0 saturated carbocycles. The standard InChI is InChI=1S/C18H22ClN3O3/c1-21-7-5-20-18(21)16(23)13-4-3-6-22(11-13)10-12-8-14(19)17(24)15(9-12)25-2/h5,7-9,13,24H,3-4,6,10-11H2,1-2H3/t13-/m1/s1. The highest BCUT2D eigenvalue weighted by Crippen LogP contribution is 2.35. The van der Waals surface area contributed by atoms with Gasteiger partial charge < -0.3 is 14.4 Å². The Morgan fingerprint density at radius 2 is 2.28 bits per heavy atom. The number of rotatable bonds is 5. The van der Waals surface area contributed by atoms with Crippen LogP contribution < -0.4 is 4.74 Å². The molecule has 3 rings (SSSR count). The van der Waals surface area contributed by atoms with Crippen molar-refractivity contribution in [2.24, 2.45) is 13.0 Å². The molecule has 0 spiro atoms. The SMILES string of the molecule is COc1cc(CN2CCC[C@@H](C(=O)c3nccn3C)C2)cc(Cl)c1O. The molecule has 1 fully saturated rings. The van der Waals surface area contributed by atoms with Crippen LogP contribution in [0.3, 0.4) is 0 Å². The number of hydrogen-bond donors (Lipinski definition) is 1. The third kappa shape index (κ3) is 3.80. The summed E-state index contributed by atoms with van der Waals surface area (Å²) in [5, 5.41) is 10.1. The molecule has 0 radical (unpaired) electrons. The molecule has 2 aromatic rings. The Hall–Kier alpha value is -2.05. The first-order valence-corrected chi connectivity index (χ1v) is 8.66. The van der Waals surface area contributed by atoms with Crippen LogP contribution in [-0.4, -0.2) is 45.5 Å². The number of ketones is 1. The van der Waals surface area contributed by atoms with Crippen molar-refractivity contribution in [3.05, 3.63) is 40.9 Å². The lowest BCUT2D eigenvalue weighted by atomic mass is 9.93. The highest BCUT2D eigenvalue weighted by atomic mass is 35.5. The van der Waals surface area contributed by atoms with Crippen molar-refractivity contribution in [3.8, 4) is 11.5 Å². The molecule has 134 valence electrons. The van der Waals surface area contributed by atoms with E-state index in [0.717, 1.165) is 24.9 Å². The van der Waals surface area contributed by atoms with Crippen molar-refractivity contribution in [2.45, 2.75) is 19.4 Å². The van der Waals surface area contributed by atoms with Crippen molar-refractivity contribution in [2.75, 3.05) is 20.2 Å². The second kappa shape index (κ2) is 7.45. The average molecular weight is 364 g/mol. The van der Waals surface area contributed by atoms with Gasteiger partial charge in [-0.1, -0.05) is 11.6 Å². The second-order valence-corrected chi connectivity index (χ2v) is 6.84. The number of carbonyl (C=O) groups excluding carboxylic acids is 1. The van der Waals surface area contributed by atoms with E-state index in [-0.39, 0.29) is 22.5 Å². The number of benzene rings is 1. The summed E-state index contributed by atoms with van der Waals surface area (Å²) in [6.07, 6.45) is 5.28. The van der Waals surface area contributed by atoms with Crippen LogP contribution in [0.25, 0.3) is 0 Å². The zero-order valence-corrected chi connectivity index (χ0v) is 15.2. The van der Waals surface area contributed by atoms with E-state index in [4.69, 9.17) is 16.3 Å². The highest BCUT2D eigenvalue weighted by Gasteiger charge is 2.28. The van der Waals surface area contributed by atoms with Gasteiger partial charge in [0.2, 0.25) is 5.78 Å². The first-order valence-electron chi connectivity index (χ1n) is 8.29. The quantitative estimate of drug-likeness (QED) is 0.827. The van der Waals surface area contributed by atoms with E-state index in [2.05, 4.69) is 9.88 Å². The number of aromatic nitrogens is 2. The Morgan fingerprint density at radius 1 is 1.48 bits per heavy atom. The fourth-order valence-electron chi connectivity index (χ4n) is 3.33. The topological polar surface area (TPSA) is 67.6 Å². The third-order valence-electron chi connectivity index (χ3n) is 4.63. The molecule has 1 saturated heterocycles. The van der Waals surface area contributed by atoms with Crippen molar-refractivity contribution in [1.29, 1.82) is 0 Å². The maximum Gasteiger partial charge on any atom is 0.202 e. The Bertz CT molecular complexity index is 775. The van der Waals surface area contributed by atoms with Crippen LogP contribution in [0.1, 0.15) is 29.0 Å². The van der Waals surface area contributed by atoms with E-state index in [9.17, 15) is 9.90 Å². The lowest BCUT2D eigenvalue weighted by Crippen LogP contribution is -2.38. The van der Waals surface area contributed by atoms with Crippen LogP contribution in [-0.2, 0) is 13.6 Å². The van der Waals surface area contributed by atoms with E-state index < -0.39 is 0 Å². The number of hydrogen-bond acceptors (Lipinski definition) is 5. The maximum absolute atomic E-state index is 12.7. The molecule has 0 aliphatic carbocycles. The lowest BCUT2D eigenvalue weighted by Gasteiger charge is -2.32. The van der Waals surface area contributed by atoms with Crippen LogP contribution in [0.15, 0.2) is 24.5 Å². The molecule has 1 atom stereocenters. The Labute approximate surface area is 152 Å². The van der Waals surface area contributed by atoms with E-state index in [1.807, 2.05) is 7.05 Å². The van der Waals surface area contributed by atoms with Gasteiger partial charge in [-0.3, -0.25) is 9.69 Å². The number of nitrogens with zero attached hydrogens (tertiary/aromatic N) is 3. The third-order valence-corrected chi connectivity index (χ3v) is 4.92. The minimum atomic E-state index is -0.0515. The van der Waals surface area contributed by atoms with Gasteiger partial charge in [-0.05, 0) is 37.1 Å². The Balaban J connectivity index is 1.71. The molecule has 1 aromatic heterocycles. The maximum atomic E-state index is 12.7. The van der Waals surface area contributed by atoms with Gasteiger partial charge in [0.15, 0.2) is 17.3 Å². The number of carbonyl (C=O) groups is 1. The Morgan fingerprint density at radius 3 is 2.96 bits per heavy atom. The monoisotopic (exact) mass is 363 g/mol. The summed E-state index contributed by atoms with van der Waals surface area (Å²) < 4.78 is 6.93. The smallest absolute Gasteiger partial charge is 0.202 e. The van der Waals surface area contributed by atoms with Gasteiger partial charge in [-0.2, -0.15) is 0 Å². The number of Topliss-reactive ketones (excluding diaryl/α,β-unsaturated/α-hetero) is 1. The first-order chi connectivity index (χ1) is 12.0. The number of imidazole rings is 1. The van der Waals surface area contributed by atoms with Crippen molar-refractivity contribution < 1.29 is 14.6 Å². The lowest BCUT2D eigenvalue weighted by molar-refractivity contribution is 0.0797. The molecule has 2 heterocycles. The summed E-state index contributed by atoms with van der Waals surface area (Å²) in [7, 11) is 3.34. The van der Waals surface area contributed by atoms with Crippen molar-refractivity contribution in [1.82, 2.24) is 14.5 Å². The molecule has 1 aromatic carbocycles. The van der Waals surface area contributed by atoms with Crippen molar-refractivity contribution >= 4 is 17.4 Å². The number of halogens is 1. The number of aryl methyl sites for hydroxylation is 1. The predicted octanol–water partition coefficient (Wildman–Crippen LogP) is 2.88.